The fraction of sp³-hybridized carbons (Fsp3) is 0.290. The third-order valence-electron chi connectivity index (χ3n) is 6.61. The van der Waals surface area contributed by atoms with Crippen molar-refractivity contribution in [1.82, 2.24) is 0 Å². The summed E-state index contributed by atoms with van der Waals surface area (Å²) in [6.45, 7) is 8.67. The Balaban J connectivity index is 1.95. The number of aliphatic hydroxyl groups is 1. The van der Waals surface area contributed by atoms with Crippen LogP contribution in [0.2, 0.25) is 0 Å². The average molecular weight is 516 g/mol. The number of carbonyl (C=O) groups excluding carboxylic acids is 2. The maximum atomic E-state index is 13.5. The number of ether oxygens (including phenoxy) is 3. The first-order valence-electron chi connectivity index (χ1n) is 12.5. The lowest BCUT2D eigenvalue weighted by Crippen LogP contribution is -2.29. The fourth-order valence-electron chi connectivity index (χ4n) is 4.61. The van der Waals surface area contributed by atoms with Crippen molar-refractivity contribution in [1.29, 1.82) is 0 Å². The molecular formula is C31H33NO6. The van der Waals surface area contributed by atoms with Crippen molar-refractivity contribution in [3.8, 4) is 17.2 Å². The van der Waals surface area contributed by atoms with Gasteiger partial charge >= 0.3 is 0 Å². The lowest BCUT2D eigenvalue weighted by Gasteiger charge is -2.27. The highest BCUT2D eigenvalue weighted by Crippen LogP contribution is 2.44. The fourth-order valence-corrected chi connectivity index (χ4v) is 4.61. The molecule has 0 radical (unpaired) electrons. The molecule has 1 amide bonds. The molecule has 0 aliphatic carbocycles. The lowest BCUT2D eigenvalue weighted by molar-refractivity contribution is -0.132. The summed E-state index contributed by atoms with van der Waals surface area (Å²) in [7, 11) is 2.99. The number of anilines is 1. The van der Waals surface area contributed by atoms with Crippen LogP contribution >= 0.6 is 0 Å². The van der Waals surface area contributed by atoms with Gasteiger partial charge in [0.15, 0.2) is 0 Å². The van der Waals surface area contributed by atoms with Crippen molar-refractivity contribution in [2.45, 2.75) is 39.2 Å². The van der Waals surface area contributed by atoms with Gasteiger partial charge in [0, 0.05) is 17.8 Å². The number of methoxy groups -OCH3 is 2. The third kappa shape index (κ3) is 4.96. The third-order valence-corrected chi connectivity index (χ3v) is 6.61. The number of benzene rings is 3. The second-order valence-corrected chi connectivity index (χ2v) is 10.0. The summed E-state index contributed by atoms with van der Waals surface area (Å²) in [5, 5.41) is 11.5. The van der Waals surface area contributed by atoms with Crippen LogP contribution < -0.4 is 19.1 Å². The maximum absolute atomic E-state index is 13.5. The minimum absolute atomic E-state index is 0.0243. The molecule has 1 saturated heterocycles. The summed E-state index contributed by atoms with van der Waals surface area (Å²) >= 11 is 0. The molecule has 1 fully saturated rings. The monoisotopic (exact) mass is 515 g/mol. The molecule has 1 N–H and O–H groups in total. The predicted molar refractivity (Wildman–Crippen MR) is 147 cm³/mol. The zero-order chi connectivity index (χ0) is 27.6. The van der Waals surface area contributed by atoms with E-state index in [1.54, 1.807) is 42.5 Å². The van der Waals surface area contributed by atoms with Gasteiger partial charge in [0.2, 0.25) is 0 Å². The summed E-state index contributed by atoms with van der Waals surface area (Å²) in [5.74, 6) is -0.430. The van der Waals surface area contributed by atoms with E-state index in [9.17, 15) is 14.7 Å². The molecule has 38 heavy (non-hydrogen) atoms. The van der Waals surface area contributed by atoms with E-state index in [-0.39, 0.29) is 22.3 Å². The first kappa shape index (κ1) is 26.8. The molecular weight excluding hydrogens is 482 g/mol. The topological polar surface area (TPSA) is 85.3 Å². The summed E-state index contributed by atoms with van der Waals surface area (Å²) in [4.78, 5) is 28.5. The van der Waals surface area contributed by atoms with E-state index >= 15 is 0 Å². The Kier molecular flexibility index (Phi) is 7.49. The second-order valence-electron chi connectivity index (χ2n) is 10.0. The second kappa shape index (κ2) is 10.6. The molecule has 7 nitrogen and oxygen atoms in total. The van der Waals surface area contributed by atoms with Crippen LogP contribution in [0, 0.1) is 0 Å². The van der Waals surface area contributed by atoms with E-state index in [0.717, 1.165) is 5.56 Å². The Morgan fingerprint density at radius 1 is 0.921 bits per heavy atom. The van der Waals surface area contributed by atoms with Crippen LogP contribution in [-0.4, -0.2) is 37.6 Å². The molecule has 0 aromatic heterocycles. The van der Waals surface area contributed by atoms with Crippen molar-refractivity contribution >= 4 is 23.1 Å². The van der Waals surface area contributed by atoms with Crippen molar-refractivity contribution in [3.63, 3.8) is 0 Å². The van der Waals surface area contributed by atoms with Crippen LogP contribution in [0.5, 0.6) is 17.2 Å². The molecule has 3 aromatic rings. The number of Topliss-reactive ketones (excluding diaryl/α,β-unsaturated/α-hetero) is 1. The average Bonchev–Trinajstić information content (AvgIpc) is 3.18. The van der Waals surface area contributed by atoms with Gasteiger partial charge in [0.25, 0.3) is 11.7 Å². The van der Waals surface area contributed by atoms with E-state index in [4.69, 9.17) is 14.2 Å². The molecule has 3 aromatic carbocycles. The molecule has 7 heteroatoms. The Hall–Kier alpha value is -4.26. The number of ketones is 1. The van der Waals surface area contributed by atoms with Crippen LogP contribution in [0.15, 0.2) is 72.3 Å². The SMILES string of the molecule is CCOc1cccc(N2C(=O)C(=O)/C(=C(\O)c3ccc(OC)cc3OC)C2c2ccc(C(C)(C)C)cc2)c1. The molecule has 198 valence electrons. The van der Waals surface area contributed by atoms with Crippen LogP contribution in [0.3, 0.4) is 0 Å². The lowest BCUT2D eigenvalue weighted by atomic mass is 9.85. The van der Waals surface area contributed by atoms with E-state index in [1.165, 1.54) is 19.1 Å². The molecule has 1 aliphatic rings. The predicted octanol–water partition coefficient (Wildman–Crippen LogP) is 6.03. The van der Waals surface area contributed by atoms with Crippen molar-refractivity contribution in [2.75, 3.05) is 25.7 Å². The van der Waals surface area contributed by atoms with Crippen LogP contribution in [-0.2, 0) is 15.0 Å². The van der Waals surface area contributed by atoms with Gasteiger partial charge < -0.3 is 19.3 Å². The molecule has 1 heterocycles. The largest absolute Gasteiger partial charge is 0.507 e. The van der Waals surface area contributed by atoms with Gasteiger partial charge in [0.05, 0.1) is 38.0 Å². The standard InChI is InChI=1S/C31H33NO6/c1-7-38-23-10-8-9-21(17-23)32-27(19-11-13-20(14-12-19)31(2,3)4)26(29(34)30(32)35)28(33)24-16-15-22(36-5)18-25(24)37-6/h8-18,27,33H,7H2,1-6H3/b28-26-. The summed E-state index contributed by atoms with van der Waals surface area (Å²) in [6.07, 6.45) is 0. The highest BCUT2D eigenvalue weighted by molar-refractivity contribution is 6.51. The quantitative estimate of drug-likeness (QED) is 0.235. The van der Waals surface area contributed by atoms with Crippen molar-refractivity contribution in [2.24, 2.45) is 0 Å². The summed E-state index contributed by atoms with van der Waals surface area (Å²) in [6, 6.07) is 18.8. The molecule has 4 rings (SSSR count). The van der Waals surface area contributed by atoms with Gasteiger partial charge in [0.1, 0.15) is 23.0 Å². The first-order valence-corrected chi connectivity index (χ1v) is 12.5. The molecule has 0 saturated carbocycles. The van der Waals surface area contributed by atoms with E-state index < -0.39 is 17.7 Å². The number of hydrogen-bond donors (Lipinski definition) is 1. The van der Waals surface area contributed by atoms with E-state index in [0.29, 0.717) is 35.1 Å². The molecule has 1 atom stereocenters. The minimum atomic E-state index is -0.868. The summed E-state index contributed by atoms with van der Waals surface area (Å²) in [5.41, 5.74) is 2.46. The van der Waals surface area contributed by atoms with Crippen LogP contribution in [0.25, 0.3) is 5.76 Å². The number of rotatable bonds is 7. The molecule has 1 unspecified atom stereocenters. The van der Waals surface area contributed by atoms with Crippen molar-refractivity contribution < 1.29 is 28.9 Å². The zero-order valence-corrected chi connectivity index (χ0v) is 22.6. The minimum Gasteiger partial charge on any atom is -0.507 e. The Bertz CT molecular complexity index is 1380. The van der Waals surface area contributed by atoms with Crippen LogP contribution in [0.1, 0.15) is 50.4 Å². The Morgan fingerprint density at radius 3 is 2.24 bits per heavy atom. The maximum Gasteiger partial charge on any atom is 0.300 e. The highest BCUT2D eigenvalue weighted by Gasteiger charge is 2.47. The van der Waals surface area contributed by atoms with E-state index in [2.05, 4.69) is 20.8 Å². The van der Waals surface area contributed by atoms with Gasteiger partial charge in [-0.2, -0.15) is 0 Å². The van der Waals surface area contributed by atoms with Crippen LogP contribution in [0.4, 0.5) is 5.69 Å². The van der Waals surface area contributed by atoms with Gasteiger partial charge in [-0.1, -0.05) is 51.1 Å². The van der Waals surface area contributed by atoms with Gasteiger partial charge in [-0.25, -0.2) is 0 Å². The number of nitrogens with zero attached hydrogens (tertiary/aromatic N) is 1. The number of hydrogen-bond acceptors (Lipinski definition) is 6. The normalized spacial score (nSPS) is 17.0. The van der Waals surface area contributed by atoms with Gasteiger partial charge in [-0.05, 0) is 47.7 Å². The van der Waals surface area contributed by atoms with E-state index in [1.807, 2.05) is 31.2 Å². The van der Waals surface area contributed by atoms with Gasteiger partial charge in [-0.15, -0.1) is 0 Å². The van der Waals surface area contributed by atoms with Gasteiger partial charge in [-0.3, -0.25) is 14.5 Å². The highest BCUT2D eigenvalue weighted by atomic mass is 16.5. The molecule has 0 spiro atoms. The Morgan fingerprint density at radius 2 is 1.63 bits per heavy atom. The number of carbonyl (C=O) groups is 2. The molecule has 0 bridgehead atoms. The smallest absolute Gasteiger partial charge is 0.300 e. The Labute approximate surface area is 223 Å². The first-order chi connectivity index (χ1) is 18.1. The summed E-state index contributed by atoms with van der Waals surface area (Å²) < 4.78 is 16.4. The zero-order valence-electron chi connectivity index (χ0n) is 22.6. The number of aliphatic hydroxyl groups excluding tert-OH is 1. The van der Waals surface area contributed by atoms with Crippen molar-refractivity contribution in [3.05, 3.63) is 89.0 Å². The molecule has 1 aliphatic heterocycles. The number of amides is 1.